The van der Waals surface area contributed by atoms with Crippen molar-refractivity contribution in [3.8, 4) is 12.3 Å². The van der Waals surface area contributed by atoms with E-state index in [1.54, 1.807) is 0 Å². The number of nitrogens with zero attached hydrogens (tertiary/aromatic N) is 1. The molecule has 1 aliphatic heterocycles. The van der Waals surface area contributed by atoms with Gasteiger partial charge in [0, 0.05) is 13.1 Å². The lowest BCUT2D eigenvalue weighted by atomic mass is 10.2. The Bertz CT molecular complexity index is 207. The Labute approximate surface area is 72.7 Å². The summed E-state index contributed by atoms with van der Waals surface area (Å²) in [5.74, 6) is 1.85. The van der Waals surface area contributed by atoms with E-state index in [1.807, 2.05) is 0 Å². The summed E-state index contributed by atoms with van der Waals surface area (Å²) in [7, 11) is 0. The molecular formula is C9H13NO2. The molecule has 0 bridgehead atoms. The Morgan fingerprint density at radius 2 is 2.58 bits per heavy atom. The minimum atomic E-state index is -0.399. The largest absolute Gasteiger partial charge is 0.367 e. The summed E-state index contributed by atoms with van der Waals surface area (Å²) >= 11 is 0. The standard InChI is InChI=1S/C9H13NO2/c1-3-8(11)9-7-10(4-2)5-6-12-9/h1,9H,4-7H2,2H3. The van der Waals surface area contributed by atoms with E-state index >= 15 is 0 Å². The molecule has 0 amide bonds. The fraction of sp³-hybridized carbons (Fsp3) is 0.667. The molecule has 0 saturated carbocycles. The first-order valence-electron chi connectivity index (χ1n) is 4.12. The van der Waals surface area contributed by atoms with Gasteiger partial charge in [-0.15, -0.1) is 6.42 Å². The molecule has 1 rings (SSSR count). The minimum absolute atomic E-state index is 0.242. The van der Waals surface area contributed by atoms with Gasteiger partial charge in [0.15, 0.2) is 0 Å². The van der Waals surface area contributed by atoms with E-state index in [2.05, 4.69) is 17.7 Å². The van der Waals surface area contributed by atoms with E-state index in [1.165, 1.54) is 0 Å². The molecule has 3 heteroatoms. The first-order chi connectivity index (χ1) is 5.77. The van der Waals surface area contributed by atoms with Gasteiger partial charge in [0.1, 0.15) is 6.10 Å². The zero-order chi connectivity index (χ0) is 8.97. The van der Waals surface area contributed by atoms with Crippen molar-refractivity contribution in [1.82, 2.24) is 4.90 Å². The average Bonchev–Trinajstić information content (AvgIpc) is 2.17. The molecule has 3 nitrogen and oxygen atoms in total. The maximum Gasteiger partial charge on any atom is 0.235 e. The second-order valence-corrected chi connectivity index (χ2v) is 2.76. The molecule has 0 radical (unpaired) electrons. The summed E-state index contributed by atoms with van der Waals surface area (Å²) in [4.78, 5) is 13.2. The van der Waals surface area contributed by atoms with Crippen molar-refractivity contribution in [2.45, 2.75) is 13.0 Å². The average molecular weight is 167 g/mol. The van der Waals surface area contributed by atoms with Gasteiger partial charge in [-0.05, 0) is 12.5 Å². The lowest BCUT2D eigenvalue weighted by Crippen LogP contribution is -2.45. The van der Waals surface area contributed by atoms with Crippen LogP contribution in [0.25, 0.3) is 0 Å². The third-order valence-electron chi connectivity index (χ3n) is 2.03. The number of rotatable bonds is 2. The SMILES string of the molecule is C#CC(=O)C1CN(CC)CCO1. The van der Waals surface area contributed by atoms with Gasteiger partial charge in [-0.3, -0.25) is 9.69 Å². The van der Waals surface area contributed by atoms with Crippen molar-refractivity contribution in [2.24, 2.45) is 0 Å². The van der Waals surface area contributed by atoms with E-state index in [9.17, 15) is 4.79 Å². The highest BCUT2D eigenvalue weighted by Crippen LogP contribution is 2.04. The van der Waals surface area contributed by atoms with Gasteiger partial charge in [-0.2, -0.15) is 0 Å². The van der Waals surface area contributed by atoms with Crippen molar-refractivity contribution >= 4 is 5.78 Å². The van der Waals surface area contributed by atoms with Crippen molar-refractivity contribution in [1.29, 1.82) is 0 Å². The molecular weight excluding hydrogens is 154 g/mol. The van der Waals surface area contributed by atoms with Crippen LogP contribution in [0, 0.1) is 12.3 Å². The molecule has 1 unspecified atom stereocenters. The molecule has 0 aromatic rings. The molecule has 1 aliphatic rings. The number of terminal acetylenes is 1. The van der Waals surface area contributed by atoms with Crippen molar-refractivity contribution < 1.29 is 9.53 Å². The van der Waals surface area contributed by atoms with E-state index in [0.717, 1.165) is 13.1 Å². The highest BCUT2D eigenvalue weighted by Gasteiger charge is 2.23. The molecule has 1 heterocycles. The number of carbonyl (C=O) groups excluding carboxylic acids is 1. The summed E-state index contributed by atoms with van der Waals surface area (Å²) in [5.41, 5.74) is 0. The Balaban J connectivity index is 2.47. The smallest absolute Gasteiger partial charge is 0.235 e. The van der Waals surface area contributed by atoms with Crippen LogP contribution in [0.3, 0.4) is 0 Å². The summed E-state index contributed by atoms with van der Waals surface area (Å²) < 4.78 is 5.23. The lowest BCUT2D eigenvalue weighted by molar-refractivity contribution is -0.130. The molecule has 0 aliphatic carbocycles. The van der Waals surface area contributed by atoms with Gasteiger partial charge in [0.05, 0.1) is 6.61 Å². The zero-order valence-electron chi connectivity index (χ0n) is 7.25. The molecule has 1 fully saturated rings. The van der Waals surface area contributed by atoms with E-state index < -0.39 is 6.10 Å². The molecule has 0 aromatic heterocycles. The van der Waals surface area contributed by atoms with E-state index in [-0.39, 0.29) is 5.78 Å². The van der Waals surface area contributed by atoms with Gasteiger partial charge in [0.25, 0.3) is 0 Å². The van der Waals surface area contributed by atoms with Crippen molar-refractivity contribution in [3.63, 3.8) is 0 Å². The molecule has 12 heavy (non-hydrogen) atoms. The Kier molecular flexibility index (Phi) is 3.27. The normalized spacial score (nSPS) is 24.8. The Hall–Kier alpha value is -0.850. The van der Waals surface area contributed by atoms with Crippen molar-refractivity contribution in [3.05, 3.63) is 0 Å². The second-order valence-electron chi connectivity index (χ2n) is 2.76. The Morgan fingerprint density at radius 3 is 3.17 bits per heavy atom. The van der Waals surface area contributed by atoms with Crippen LogP contribution in [-0.4, -0.2) is 43.0 Å². The number of likely N-dealkylation sites (N-methyl/N-ethyl adjacent to an activating group) is 1. The minimum Gasteiger partial charge on any atom is -0.367 e. The molecule has 66 valence electrons. The number of hydrogen-bond acceptors (Lipinski definition) is 3. The van der Waals surface area contributed by atoms with Gasteiger partial charge in [-0.25, -0.2) is 0 Å². The highest BCUT2D eigenvalue weighted by molar-refractivity contribution is 5.98. The predicted molar refractivity (Wildman–Crippen MR) is 45.7 cm³/mol. The Morgan fingerprint density at radius 1 is 1.83 bits per heavy atom. The zero-order valence-corrected chi connectivity index (χ0v) is 7.25. The summed E-state index contributed by atoms with van der Waals surface area (Å²) in [6, 6.07) is 0. The summed E-state index contributed by atoms with van der Waals surface area (Å²) in [6.07, 6.45) is 4.59. The van der Waals surface area contributed by atoms with Crippen LogP contribution in [0.15, 0.2) is 0 Å². The maximum atomic E-state index is 11.0. The van der Waals surface area contributed by atoms with Crippen LogP contribution < -0.4 is 0 Å². The van der Waals surface area contributed by atoms with E-state index in [4.69, 9.17) is 11.2 Å². The fourth-order valence-electron chi connectivity index (χ4n) is 1.24. The van der Waals surface area contributed by atoms with Crippen LogP contribution >= 0.6 is 0 Å². The molecule has 0 spiro atoms. The topological polar surface area (TPSA) is 29.5 Å². The third kappa shape index (κ3) is 2.07. The highest BCUT2D eigenvalue weighted by atomic mass is 16.5. The van der Waals surface area contributed by atoms with E-state index in [0.29, 0.717) is 13.2 Å². The fourth-order valence-corrected chi connectivity index (χ4v) is 1.24. The maximum absolute atomic E-state index is 11.0. The number of ether oxygens (including phenoxy) is 1. The van der Waals surface area contributed by atoms with Crippen LogP contribution in [0.4, 0.5) is 0 Å². The summed E-state index contributed by atoms with van der Waals surface area (Å²) in [6.45, 7) is 5.14. The summed E-state index contributed by atoms with van der Waals surface area (Å²) in [5, 5.41) is 0. The van der Waals surface area contributed by atoms with Gasteiger partial charge < -0.3 is 4.74 Å². The third-order valence-corrected chi connectivity index (χ3v) is 2.03. The van der Waals surface area contributed by atoms with Crippen LogP contribution in [-0.2, 0) is 9.53 Å². The molecule has 0 N–H and O–H groups in total. The predicted octanol–water partition coefficient (Wildman–Crippen LogP) is -0.0906. The van der Waals surface area contributed by atoms with Crippen LogP contribution in [0.5, 0.6) is 0 Å². The first kappa shape index (κ1) is 9.24. The first-order valence-corrected chi connectivity index (χ1v) is 4.12. The van der Waals surface area contributed by atoms with Gasteiger partial charge in [-0.1, -0.05) is 6.92 Å². The monoisotopic (exact) mass is 167 g/mol. The van der Waals surface area contributed by atoms with Crippen LogP contribution in [0.2, 0.25) is 0 Å². The molecule has 0 aromatic carbocycles. The number of carbonyl (C=O) groups is 1. The van der Waals surface area contributed by atoms with Crippen LogP contribution in [0.1, 0.15) is 6.92 Å². The van der Waals surface area contributed by atoms with Crippen molar-refractivity contribution in [2.75, 3.05) is 26.2 Å². The quantitative estimate of drug-likeness (QED) is 0.425. The number of hydrogen-bond donors (Lipinski definition) is 0. The lowest BCUT2D eigenvalue weighted by Gasteiger charge is -2.30. The van der Waals surface area contributed by atoms with Gasteiger partial charge >= 0.3 is 0 Å². The molecule has 1 saturated heterocycles. The molecule has 1 atom stereocenters. The number of Topliss-reactive ketones (excluding diaryl/α,β-unsaturated/α-hetero) is 1. The van der Waals surface area contributed by atoms with Gasteiger partial charge in [0.2, 0.25) is 5.78 Å². The second kappa shape index (κ2) is 4.24. The number of morpholine rings is 1. The number of ketones is 1.